The summed E-state index contributed by atoms with van der Waals surface area (Å²) in [5, 5.41) is 13.2. The van der Waals surface area contributed by atoms with Crippen molar-refractivity contribution >= 4 is 120 Å². The second kappa shape index (κ2) is 28.3. The molecule has 0 bridgehead atoms. The predicted molar refractivity (Wildman–Crippen MR) is 523 cm³/mol. The van der Waals surface area contributed by atoms with Crippen LogP contribution in [0.1, 0.15) is 44.5 Å². The van der Waals surface area contributed by atoms with Crippen molar-refractivity contribution in [2.75, 3.05) is 0 Å². The van der Waals surface area contributed by atoms with E-state index >= 15 is 0 Å². The highest BCUT2D eigenvalue weighted by Crippen LogP contribution is 2.66. The lowest BCUT2D eigenvalue weighted by Gasteiger charge is -2.40. The van der Waals surface area contributed by atoms with Gasteiger partial charge in [0, 0.05) is 73.5 Å². The molecule has 0 radical (unpaired) electrons. The Morgan fingerprint density at radius 1 is 0.192 bits per heavy atom. The van der Waals surface area contributed by atoms with Crippen LogP contribution in [-0.2, 0) is 10.8 Å². The van der Waals surface area contributed by atoms with Gasteiger partial charge in [0.1, 0.15) is 0 Å². The van der Waals surface area contributed by atoms with E-state index in [1.807, 2.05) is 41.7 Å². The van der Waals surface area contributed by atoms with E-state index in [2.05, 4.69) is 406 Å². The normalized spacial score (nSPS) is 13.3. The van der Waals surface area contributed by atoms with Crippen molar-refractivity contribution in [3.05, 3.63) is 469 Å². The summed E-state index contributed by atoms with van der Waals surface area (Å²) in [6.45, 7) is 0. The number of aromatic nitrogens is 4. The van der Waals surface area contributed by atoms with Crippen LogP contribution in [0.4, 0.5) is 0 Å². The molecule has 0 fully saturated rings. The SMILES string of the molecule is c1ccc(-c2ccc(-c3c4ccccc4c(-c4cccc(-c5nc6ccccc6c6cc7c(cc56)Sc5ccccc5C75c6ccccc6-c6ccccc65)c4)c4ccccc34)cc2)cc1.c1ccc(-c2nc(-c3cccc(-c4nc5ccccc5c5cc6c(cc45)Sc4ccccc4C64c5ccccc5-c5ccccc54)c3)c3sc4ccccc4c3n2)cc1. The van der Waals surface area contributed by atoms with E-state index in [9.17, 15) is 0 Å². The average molecular weight is 1640 g/mol. The first-order chi connectivity index (χ1) is 62.0. The van der Waals surface area contributed by atoms with Gasteiger partial charge in [0.05, 0.1) is 49.2 Å². The minimum atomic E-state index is -0.457. The summed E-state index contributed by atoms with van der Waals surface area (Å²) < 4.78 is 2.29. The summed E-state index contributed by atoms with van der Waals surface area (Å²) in [6, 6.07) is 156. The fraction of sp³-hybridized carbons (Fsp3) is 0.0169. The topological polar surface area (TPSA) is 51.6 Å². The van der Waals surface area contributed by atoms with Crippen molar-refractivity contribution in [1.82, 2.24) is 19.9 Å². The summed E-state index contributed by atoms with van der Waals surface area (Å²) in [4.78, 5) is 26.6. The monoisotopic (exact) mass is 1640 g/mol. The third-order valence-electron chi connectivity index (χ3n) is 26.6. The number of pyridine rings is 2. The molecular weight excluding hydrogens is 1570 g/mol. The summed E-state index contributed by atoms with van der Waals surface area (Å²) in [5.74, 6) is 0.726. The third kappa shape index (κ3) is 10.8. The van der Waals surface area contributed by atoms with E-state index in [4.69, 9.17) is 19.9 Å². The Balaban J connectivity index is 0.000000134. The standard InChI is InChI=1S/C64H39NS.C54H31N3S2/c1-2-17-40(18-3-1)41-33-35-42(36-34-41)61-48-24-4-6-26-50(48)62(51-27-7-5-25-49(51)61)43-19-16-20-44(37-43)63-53-39-60-57(38-52(53)47-23-10-14-31-58(47)65-63)64(56-30-13-15-32-59(56)66-60)54-28-11-8-21-45(54)46-22-9-12-29-55(46)64;1-2-15-32(16-3-1)53-56-50(52-51(57-53)38-22-7-12-27-46(38)59-52)34-18-14-17-33(29-34)49-40-31-48-44(30-39(40)37-21-6-11-26-45(37)55-49)54(43-25-10-13-28-47(43)58-48)41-23-8-4-19-35(41)36-20-5-9-24-42(36)54/h1-39H;1-31H. The van der Waals surface area contributed by atoms with Gasteiger partial charge in [-0.2, -0.15) is 0 Å². The van der Waals surface area contributed by atoms with Crippen LogP contribution in [0.25, 0.3) is 186 Å². The van der Waals surface area contributed by atoms with Crippen molar-refractivity contribution in [1.29, 1.82) is 0 Å². The number of nitrogens with zero attached hydrogens (tertiary/aromatic N) is 4. The number of hydrogen-bond donors (Lipinski definition) is 0. The Hall–Kier alpha value is -15.0. The highest BCUT2D eigenvalue weighted by molar-refractivity contribution is 7.99. The Morgan fingerprint density at radius 3 is 1.03 bits per heavy atom. The lowest BCUT2D eigenvalue weighted by atomic mass is 9.67. The molecular formula is C118H70N4S3. The summed E-state index contributed by atoms with van der Waals surface area (Å²) >= 11 is 5.53. The molecule has 580 valence electrons. The molecule has 7 heteroatoms. The molecule has 27 rings (SSSR count). The van der Waals surface area contributed by atoms with Gasteiger partial charge in [0.25, 0.3) is 0 Å². The van der Waals surface area contributed by atoms with Crippen LogP contribution in [0.15, 0.2) is 444 Å². The first-order valence-corrected chi connectivity index (χ1v) is 45.2. The van der Waals surface area contributed by atoms with E-state index in [1.165, 1.54) is 157 Å². The highest BCUT2D eigenvalue weighted by Gasteiger charge is 2.52. The van der Waals surface area contributed by atoms with Crippen molar-refractivity contribution < 1.29 is 0 Å². The maximum absolute atomic E-state index is 5.56. The molecule has 4 nitrogen and oxygen atoms in total. The molecule has 0 atom stereocenters. The predicted octanol–water partition coefficient (Wildman–Crippen LogP) is 31.6. The number of rotatable bonds is 7. The van der Waals surface area contributed by atoms with E-state index in [0.717, 1.165) is 93.3 Å². The van der Waals surface area contributed by atoms with E-state index in [1.54, 1.807) is 11.3 Å². The zero-order chi connectivity index (χ0) is 82.0. The Bertz CT molecular complexity index is 8360. The van der Waals surface area contributed by atoms with Gasteiger partial charge in [-0.25, -0.2) is 19.9 Å². The molecule has 4 aliphatic rings. The molecule has 23 aromatic rings. The van der Waals surface area contributed by atoms with Crippen molar-refractivity contribution in [2.24, 2.45) is 0 Å². The van der Waals surface area contributed by atoms with Gasteiger partial charge in [0.2, 0.25) is 0 Å². The van der Waals surface area contributed by atoms with Gasteiger partial charge >= 0.3 is 0 Å². The van der Waals surface area contributed by atoms with Crippen LogP contribution >= 0.6 is 34.9 Å². The number of fused-ring (bicyclic) bond motifs is 29. The van der Waals surface area contributed by atoms with Crippen LogP contribution in [-0.4, -0.2) is 19.9 Å². The van der Waals surface area contributed by atoms with Gasteiger partial charge in [0.15, 0.2) is 5.82 Å². The number of benzene rings is 19. The number of hydrogen-bond acceptors (Lipinski definition) is 7. The molecule has 2 aliphatic carbocycles. The van der Waals surface area contributed by atoms with Gasteiger partial charge in [-0.15, -0.1) is 11.3 Å². The minimum absolute atomic E-state index is 0.456. The molecule has 2 aliphatic heterocycles. The molecule has 0 saturated heterocycles. The lowest BCUT2D eigenvalue weighted by Crippen LogP contribution is -2.32. The molecule has 6 heterocycles. The third-order valence-corrected chi connectivity index (χ3v) is 30.1. The molecule has 19 aromatic carbocycles. The Kier molecular flexibility index (Phi) is 16.2. The largest absolute Gasteiger partial charge is 0.247 e. The van der Waals surface area contributed by atoms with Crippen LogP contribution in [0.5, 0.6) is 0 Å². The van der Waals surface area contributed by atoms with Crippen LogP contribution < -0.4 is 0 Å². The van der Waals surface area contributed by atoms with Crippen molar-refractivity contribution in [3.8, 4) is 101 Å². The van der Waals surface area contributed by atoms with Crippen molar-refractivity contribution in [2.45, 2.75) is 30.4 Å². The second-order valence-corrected chi connectivity index (χ2v) is 36.3. The first kappa shape index (κ1) is 71.7. The maximum atomic E-state index is 5.56. The summed E-state index contributed by atoms with van der Waals surface area (Å²) in [6.07, 6.45) is 0. The molecule has 0 N–H and O–H groups in total. The van der Waals surface area contributed by atoms with Crippen LogP contribution in [0, 0.1) is 0 Å². The Morgan fingerprint density at radius 2 is 0.544 bits per heavy atom. The average Bonchev–Trinajstić information content (AvgIpc) is 1.52. The zero-order valence-electron chi connectivity index (χ0n) is 67.4. The molecule has 0 unspecified atom stereocenters. The van der Waals surface area contributed by atoms with Crippen molar-refractivity contribution in [3.63, 3.8) is 0 Å². The van der Waals surface area contributed by atoms with E-state index in [-0.39, 0.29) is 0 Å². The molecule has 0 amide bonds. The first-order valence-electron chi connectivity index (χ1n) is 42.7. The van der Waals surface area contributed by atoms with E-state index in [0.29, 0.717) is 0 Å². The van der Waals surface area contributed by atoms with Crippen LogP contribution in [0.3, 0.4) is 0 Å². The fourth-order valence-corrected chi connectivity index (χ4v) is 25.0. The van der Waals surface area contributed by atoms with Gasteiger partial charge < -0.3 is 0 Å². The quantitative estimate of drug-likeness (QED) is 0.117. The maximum Gasteiger partial charge on any atom is 0.160 e. The highest BCUT2D eigenvalue weighted by atomic mass is 32.2. The number of thiophene rings is 1. The van der Waals surface area contributed by atoms with Gasteiger partial charge in [-0.1, -0.05) is 381 Å². The van der Waals surface area contributed by atoms with Crippen LogP contribution in [0.2, 0.25) is 0 Å². The minimum Gasteiger partial charge on any atom is -0.247 e. The number of para-hydroxylation sites is 2. The van der Waals surface area contributed by atoms with E-state index < -0.39 is 10.8 Å². The fourth-order valence-electron chi connectivity index (χ4n) is 21.4. The molecule has 2 spiro atoms. The van der Waals surface area contributed by atoms with Gasteiger partial charge in [-0.3, -0.25) is 0 Å². The summed E-state index contributed by atoms with van der Waals surface area (Å²) in [5.41, 5.74) is 32.4. The smallest absolute Gasteiger partial charge is 0.160 e. The molecule has 125 heavy (non-hydrogen) atoms. The van der Waals surface area contributed by atoms with Gasteiger partial charge in [-0.05, 0) is 199 Å². The Labute approximate surface area is 734 Å². The summed E-state index contributed by atoms with van der Waals surface area (Å²) in [7, 11) is 0. The zero-order valence-corrected chi connectivity index (χ0v) is 69.9. The lowest BCUT2D eigenvalue weighted by molar-refractivity contribution is 0.724. The second-order valence-electron chi connectivity index (χ2n) is 33.1. The molecule has 0 saturated carbocycles. The molecule has 4 aromatic heterocycles.